The molecule has 0 saturated carbocycles. The molecule has 2 aromatic rings. The van der Waals surface area contributed by atoms with Crippen molar-refractivity contribution in [2.75, 3.05) is 19.6 Å². The molecule has 0 spiro atoms. The van der Waals surface area contributed by atoms with Gasteiger partial charge in [0.15, 0.2) is 0 Å². The van der Waals surface area contributed by atoms with Gasteiger partial charge in [0.25, 0.3) is 5.56 Å². The molecular formula is C19H30N4O2S. The van der Waals surface area contributed by atoms with Gasteiger partial charge < -0.3 is 5.32 Å². The van der Waals surface area contributed by atoms with Crippen LogP contribution in [-0.2, 0) is 17.9 Å². The van der Waals surface area contributed by atoms with Crippen molar-refractivity contribution in [3.8, 4) is 0 Å². The molecule has 7 heteroatoms. The third-order valence-electron chi connectivity index (χ3n) is 4.78. The van der Waals surface area contributed by atoms with Gasteiger partial charge in [0.2, 0.25) is 5.91 Å². The zero-order valence-corrected chi connectivity index (χ0v) is 17.3. The van der Waals surface area contributed by atoms with E-state index in [1.165, 1.54) is 0 Å². The van der Waals surface area contributed by atoms with Gasteiger partial charge >= 0.3 is 0 Å². The van der Waals surface area contributed by atoms with E-state index in [1.54, 1.807) is 15.9 Å². The summed E-state index contributed by atoms with van der Waals surface area (Å²) in [6.07, 6.45) is 1.96. The lowest BCUT2D eigenvalue weighted by molar-refractivity contribution is -0.121. The summed E-state index contributed by atoms with van der Waals surface area (Å²) >= 11 is 1.55. The first-order valence-corrected chi connectivity index (χ1v) is 10.2. The molecule has 2 aromatic heterocycles. The van der Waals surface area contributed by atoms with Crippen LogP contribution in [0.2, 0.25) is 0 Å². The molecular weight excluding hydrogens is 348 g/mol. The minimum Gasteiger partial charge on any atom is -0.355 e. The van der Waals surface area contributed by atoms with E-state index in [0.29, 0.717) is 24.3 Å². The van der Waals surface area contributed by atoms with Crippen LogP contribution in [0.1, 0.15) is 49.9 Å². The average Bonchev–Trinajstić information content (AvgIpc) is 2.90. The number of aromatic nitrogens is 2. The average molecular weight is 379 g/mol. The van der Waals surface area contributed by atoms with Gasteiger partial charge in [-0.05, 0) is 38.9 Å². The van der Waals surface area contributed by atoms with E-state index in [-0.39, 0.29) is 18.0 Å². The van der Waals surface area contributed by atoms with Crippen LogP contribution in [-0.4, -0.2) is 40.0 Å². The van der Waals surface area contributed by atoms with Crippen LogP contribution in [0, 0.1) is 13.8 Å². The fourth-order valence-corrected chi connectivity index (χ4v) is 3.94. The normalized spacial score (nSPS) is 11.5. The number of rotatable bonds is 9. The molecule has 0 fully saturated rings. The van der Waals surface area contributed by atoms with Crippen LogP contribution in [0.3, 0.4) is 0 Å². The molecule has 0 radical (unpaired) electrons. The smallest absolute Gasteiger partial charge is 0.263 e. The molecule has 144 valence electrons. The number of thiophene rings is 1. The summed E-state index contributed by atoms with van der Waals surface area (Å²) in [5, 5.41) is 3.55. The Bertz CT molecular complexity index is 821. The zero-order chi connectivity index (χ0) is 19.3. The number of hydrogen-bond acceptors (Lipinski definition) is 5. The summed E-state index contributed by atoms with van der Waals surface area (Å²) in [5.41, 5.74) is 0.863. The second-order valence-electron chi connectivity index (χ2n) is 6.55. The van der Waals surface area contributed by atoms with E-state index < -0.39 is 0 Å². The van der Waals surface area contributed by atoms with Crippen LogP contribution in [0.25, 0.3) is 10.2 Å². The van der Waals surface area contributed by atoms with Gasteiger partial charge in [-0.15, -0.1) is 11.3 Å². The summed E-state index contributed by atoms with van der Waals surface area (Å²) in [5.74, 6) is 0.533. The molecule has 0 aliphatic heterocycles. The van der Waals surface area contributed by atoms with Crippen molar-refractivity contribution in [1.82, 2.24) is 19.8 Å². The number of nitrogens with one attached hydrogen (secondary N) is 1. The second-order valence-corrected chi connectivity index (χ2v) is 7.75. The monoisotopic (exact) mass is 378 g/mol. The molecule has 0 aliphatic rings. The fourth-order valence-electron chi connectivity index (χ4n) is 2.90. The first-order chi connectivity index (χ1) is 12.4. The van der Waals surface area contributed by atoms with Crippen molar-refractivity contribution >= 4 is 27.5 Å². The van der Waals surface area contributed by atoms with Gasteiger partial charge in [0.05, 0.1) is 11.9 Å². The Balaban J connectivity index is 2.45. The van der Waals surface area contributed by atoms with Gasteiger partial charge in [0.1, 0.15) is 17.2 Å². The SMILES string of the molecule is CCCCNC(=O)Cn1c(CN(CC)CC)nc2sc(C)c(C)c2c1=O. The van der Waals surface area contributed by atoms with Crippen LogP contribution >= 0.6 is 11.3 Å². The zero-order valence-electron chi connectivity index (χ0n) is 16.5. The van der Waals surface area contributed by atoms with Crippen LogP contribution < -0.4 is 10.9 Å². The van der Waals surface area contributed by atoms with Crippen molar-refractivity contribution in [2.24, 2.45) is 0 Å². The summed E-state index contributed by atoms with van der Waals surface area (Å²) in [6, 6.07) is 0. The number of carbonyl (C=O) groups excluding carboxylic acids is 1. The highest BCUT2D eigenvalue weighted by Crippen LogP contribution is 2.26. The van der Waals surface area contributed by atoms with E-state index in [1.807, 2.05) is 13.8 Å². The van der Waals surface area contributed by atoms with Crippen LogP contribution in [0.15, 0.2) is 4.79 Å². The summed E-state index contributed by atoms with van der Waals surface area (Å²) in [7, 11) is 0. The number of amides is 1. The van der Waals surface area contributed by atoms with Crippen molar-refractivity contribution in [1.29, 1.82) is 0 Å². The Labute approximate surface area is 159 Å². The third-order valence-corrected chi connectivity index (χ3v) is 5.88. The molecule has 0 atom stereocenters. The molecule has 2 heterocycles. The minimum absolute atomic E-state index is 0.0242. The topological polar surface area (TPSA) is 67.2 Å². The predicted molar refractivity (Wildman–Crippen MR) is 108 cm³/mol. The van der Waals surface area contributed by atoms with Crippen LogP contribution in [0.4, 0.5) is 0 Å². The van der Waals surface area contributed by atoms with Crippen LogP contribution in [0.5, 0.6) is 0 Å². The molecule has 1 amide bonds. The number of carbonyl (C=O) groups is 1. The molecule has 26 heavy (non-hydrogen) atoms. The van der Waals surface area contributed by atoms with Crippen molar-refractivity contribution < 1.29 is 4.79 Å². The Hall–Kier alpha value is -1.73. The molecule has 1 N–H and O–H groups in total. The lowest BCUT2D eigenvalue weighted by Crippen LogP contribution is -2.36. The quantitative estimate of drug-likeness (QED) is 0.682. The Kier molecular flexibility index (Phi) is 7.34. The van der Waals surface area contributed by atoms with E-state index >= 15 is 0 Å². The number of nitrogens with zero attached hydrogens (tertiary/aromatic N) is 3. The lowest BCUT2D eigenvalue weighted by Gasteiger charge is -2.20. The Morgan fingerprint density at radius 3 is 2.54 bits per heavy atom. The number of aryl methyl sites for hydroxylation is 2. The molecule has 0 aromatic carbocycles. The van der Waals surface area contributed by atoms with Crippen molar-refractivity contribution in [3.63, 3.8) is 0 Å². The van der Waals surface area contributed by atoms with Gasteiger partial charge in [-0.1, -0.05) is 27.2 Å². The van der Waals surface area contributed by atoms with Gasteiger partial charge in [-0.2, -0.15) is 0 Å². The van der Waals surface area contributed by atoms with E-state index in [2.05, 4.69) is 31.0 Å². The molecule has 6 nitrogen and oxygen atoms in total. The maximum atomic E-state index is 13.1. The maximum absolute atomic E-state index is 13.1. The predicted octanol–water partition coefficient (Wildman–Crippen LogP) is 2.83. The summed E-state index contributed by atoms with van der Waals surface area (Å²) < 4.78 is 1.56. The fraction of sp³-hybridized carbons (Fsp3) is 0.632. The highest BCUT2D eigenvalue weighted by molar-refractivity contribution is 7.18. The summed E-state index contributed by atoms with van der Waals surface area (Å²) in [4.78, 5) is 34.3. The number of fused-ring (bicyclic) bond motifs is 1. The van der Waals surface area contributed by atoms with E-state index in [4.69, 9.17) is 4.98 Å². The lowest BCUT2D eigenvalue weighted by atomic mass is 10.2. The van der Waals surface area contributed by atoms with E-state index in [9.17, 15) is 9.59 Å². The molecule has 0 aliphatic carbocycles. The highest BCUT2D eigenvalue weighted by Gasteiger charge is 2.19. The third kappa shape index (κ3) is 4.51. The minimum atomic E-state index is -0.132. The van der Waals surface area contributed by atoms with Crippen molar-refractivity contribution in [3.05, 3.63) is 26.6 Å². The standard InChI is InChI=1S/C19H30N4O2S/c1-6-9-10-20-16(24)12-23-15(11-22(7-2)8-3)21-18-17(19(23)25)13(4)14(5)26-18/h6-12H2,1-5H3,(H,20,24). The maximum Gasteiger partial charge on any atom is 0.263 e. The van der Waals surface area contributed by atoms with Gasteiger partial charge in [-0.25, -0.2) is 4.98 Å². The largest absolute Gasteiger partial charge is 0.355 e. The number of unbranched alkanes of at least 4 members (excludes halogenated alkanes) is 1. The first-order valence-electron chi connectivity index (χ1n) is 9.41. The molecule has 2 rings (SSSR count). The molecule has 0 saturated heterocycles. The van der Waals surface area contributed by atoms with Gasteiger partial charge in [0, 0.05) is 11.4 Å². The second kappa shape index (κ2) is 9.28. The Morgan fingerprint density at radius 2 is 1.92 bits per heavy atom. The highest BCUT2D eigenvalue weighted by atomic mass is 32.1. The van der Waals surface area contributed by atoms with Gasteiger partial charge in [-0.3, -0.25) is 19.1 Å². The number of hydrogen-bond donors (Lipinski definition) is 1. The van der Waals surface area contributed by atoms with E-state index in [0.717, 1.165) is 41.2 Å². The first kappa shape index (κ1) is 20.6. The molecule has 0 unspecified atom stereocenters. The summed E-state index contributed by atoms with van der Waals surface area (Å²) in [6.45, 7) is 13.2. The Morgan fingerprint density at radius 1 is 1.23 bits per heavy atom. The van der Waals surface area contributed by atoms with Crippen molar-refractivity contribution in [2.45, 2.75) is 60.5 Å². The molecule has 0 bridgehead atoms.